The number of rotatable bonds is 6. The van der Waals surface area contributed by atoms with Crippen LogP contribution < -0.4 is 5.32 Å². The van der Waals surface area contributed by atoms with Gasteiger partial charge in [-0.2, -0.15) is 0 Å². The Hall–Kier alpha value is -1.48. The van der Waals surface area contributed by atoms with Crippen molar-refractivity contribution in [3.05, 3.63) is 35.4 Å². The lowest BCUT2D eigenvalue weighted by Gasteiger charge is -2.19. The molecule has 17 heavy (non-hydrogen) atoms. The second kappa shape index (κ2) is 5.23. The number of benzene rings is 1. The summed E-state index contributed by atoms with van der Waals surface area (Å²) in [4.78, 5) is 21.8. The molecule has 1 saturated carbocycles. The van der Waals surface area contributed by atoms with Gasteiger partial charge < -0.3 is 5.32 Å². The number of ketones is 1. The van der Waals surface area contributed by atoms with Gasteiger partial charge in [0, 0.05) is 18.5 Å². The Morgan fingerprint density at radius 1 is 1.47 bits per heavy atom. The molecule has 1 unspecified atom stereocenters. The van der Waals surface area contributed by atoms with Crippen LogP contribution in [-0.2, 0) is 9.59 Å². The van der Waals surface area contributed by atoms with E-state index >= 15 is 0 Å². The molecular formula is C14H17NO2. The van der Waals surface area contributed by atoms with Crippen LogP contribution in [0.5, 0.6) is 0 Å². The summed E-state index contributed by atoms with van der Waals surface area (Å²) in [6, 6.07) is 8.49. The van der Waals surface area contributed by atoms with Crippen LogP contribution in [0.4, 0.5) is 0 Å². The molecule has 2 rings (SSSR count). The number of hydrogen-bond donors (Lipinski definition) is 1. The molecule has 0 amide bonds. The molecule has 0 saturated heterocycles. The maximum Gasteiger partial charge on any atom is 0.197 e. The molecule has 0 radical (unpaired) electrons. The van der Waals surface area contributed by atoms with Gasteiger partial charge in [-0.15, -0.1) is 0 Å². The lowest BCUT2D eigenvalue weighted by molar-refractivity contribution is -0.130. The summed E-state index contributed by atoms with van der Waals surface area (Å²) in [5, 5.41) is 3.43. The zero-order valence-corrected chi connectivity index (χ0v) is 9.98. The van der Waals surface area contributed by atoms with E-state index in [1.807, 2.05) is 31.2 Å². The Morgan fingerprint density at radius 3 is 2.76 bits per heavy atom. The van der Waals surface area contributed by atoms with Crippen molar-refractivity contribution < 1.29 is 9.59 Å². The minimum absolute atomic E-state index is 0.0265. The highest BCUT2D eigenvalue weighted by Gasteiger charge is 2.27. The third kappa shape index (κ3) is 3.24. The smallest absolute Gasteiger partial charge is 0.197 e. The highest BCUT2D eigenvalue weighted by atomic mass is 16.2. The quantitative estimate of drug-likeness (QED) is 0.601. The van der Waals surface area contributed by atoms with E-state index in [-0.39, 0.29) is 18.2 Å². The molecule has 3 nitrogen and oxygen atoms in total. The number of aldehydes is 1. The molecule has 0 aliphatic heterocycles. The maximum atomic E-state index is 11.3. The molecule has 0 bridgehead atoms. The average molecular weight is 231 g/mol. The Bertz CT molecular complexity index is 424. The summed E-state index contributed by atoms with van der Waals surface area (Å²) in [6.45, 7) is 2.03. The first-order valence-corrected chi connectivity index (χ1v) is 6.00. The van der Waals surface area contributed by atoms with Crippen molar-refractivity contribution in [2.75, 3.05) is 0 Å². The highest BCUT2D eigenvalue weighted by molar-refractivity contribution is 6.25. The van der Waals surface area contributed by atoms with Gasteiger partial charge >= 0.3 is 0 Å². The van der Waals surface area contributed by atoms with Gasteiger partial charge in [0.2, 0.25) is 0 Å². The topological polar surface area (TPSA) is 46.2 Å². The van der Waals surface area contributed by atoms with Crippen molar-refractivity contribution in [2.45, 2.75) is 38.3 Å². The van der Waals surface area contributed by atoms with E-state index in [1.165, 1.54) is 0 Å². The van der Waals surface area contributed by atoms with E-state index in [0.717, 1.165) is 24.0 Å². The van der Waals surface area contributed by atoms with Crippen LogP contribution in [0.15, 0.2) is 24.3 Å². The minimum Gasteiger partial charge on any atom is -0.307 e. The fourth-order valence-electron chi connectivity index (χ4n) is 2.02. The van der Waals surface area contributed by atoms with Crippen molar-refractivity contribution in [1.29, 1.82) is 0 Å². The Balaban J connectivity index is 2.16. The molecule has 1 aliphatic rings. The van der Waals surface area contributed by atoms with E-state index < -0.39 is 0 Å². The van der Waals surface area contributed by atoms with Crippen LogP contribution in [0.1, 0.15) is 36.4 Å². The van der Waals surface area contributed by atoms with Crippen LogP contribution in [0.25, 0.3) is 0 Å². The zero-order chi connectivity index (χ0) is 12.3. The summed E-state index contributed by atoms with van der Waals surface area (Å²) >= 11 is 0. The lowest BCUT2D eigenvalue weighted by Crippen LogP contribution is -2.26. The predicted octanol–water partition coefficient (Wildman–Crippen LogP) is 1.95. The molecule has 1 atom stereocenters. The molecule has 1 aromatic rings. The molecule has 1 fully saturated rings. The third-order valence-electron chi connectivity index (χ3n) is 3.11. The van der Waals surface area contributed by atoms with Crippen LogP contribution >= 0.6 is 0 Å². The van der Waals surface area contributed by atoms with Crippen molar-refractivity contribution in [3.63, 3.8) is 0 Å². The van der Waals surface area contributed by atoms with Crippen LogP contribution in [0.2, 0.25) is 0 Å². The number of hydrogen-bond acceptors (Lipinski definition) is 3. The first-order valence-electron chi connectivity index (χ1n) is 6.00. The fourth-order valence-corrected chi connectivity index (χ4v) is 2.02. The second-order valence-corrected chi connectivity index (χ2v) is 4.64. The molecule has 1 N–H and O–H groups in total. The van der Waals surface area contributed by atoms with Crippen LogP contribution in [0, 0.1) is 6.92 Å². The maximum absolute atomic E-state index is 11.3. The average Bonchev–Trinajstić information content (AvgIpc) is 3.12. The van der Waals surface area contributed by atoms with Gasteiger partial charge in [-0.3, -0.25) is 9.59 Å². The standard InChI is InChI=1S/C14H17NO2/c1-10-4-2-3-5-13(10)14(8-12(17)9-16)15-11-6-7-11/h2-5,9,11,14-15H,6-8H2,1H3. The van der Waals surface area contributed by atoms with Crippen molar-refractivity contribution in [2.24, 2.45) is 0 Å². The van der Waals surface area contributed by atoms with Gasteiger partial charge in [0.1, 0.15) is 0 Å². The number of nitrogens with one attached hydrogen (secondary N) is 1. The van der Waals surface area contributed by atoms with E-state index in [2.05, 4.69) is 5.32 Å². The minimum atomic E-state index is -0.341. The lowest BCUT2D eigenvalue weighted by atomic mass is 9.97. The summed E-state index contributed by atoms with van der Waals surface area (Å²) in [7, 11) is 0. The molecule has 1 aliphatic carbocycles. The fraction of sp³-hybridized carbons (Fsp3) is 0.429. The van der Waals surface area contributed by atoms with Gasteiger partial charge in [-0.25, -0.2) is 0 Å². The molecular weight excluding hydrogens is 214 g/mol. The molecule has 0 heterocycles. The summed E-state index contributed by atoms with van der Waals surface area (Å²) in [5.41, 5.74) is 2.28. The highest BCUT2D eigenvalue weighted by Crippen LogP contribution is 2.27. The number of carbonyl (C=O) groups excluding carboxylic acids is 2. The monoisotopic (exact) mass is 231 g/mol. The van der Waals surface area contributed by atoms with E-state index in [9.17, 15) is 9.59 Å². The first kappa shape index (κ1) is 12.0. The number of carbonyl (C=O) groups is 2. The van der Waals surface area contributed by atoms with Crippen molar-refractivity contribution >= 4 is 12.1 Å². The van der Waals surface area contributed by atoms with Gasteiger partial charge in [0.15, 0.2) is 12.1 Å². The summed E-state index contributed by atoms with van der Waals surface area (Å²) in [6.07, 6.45) is 3.00. The van der Waals surface area contributed by atoms with Crippen molar-refractivity contribution in [3.8, 4) is 0 Å². The van der Waals surface area contributed by atoms with Crippen LogP contribution in [0.3, 0.4) is 0 Å². The Morgan fingerprint density at radius 2 is 2.18 bits per heavy atom. The van der Waals surface area contributed by atoms with E-state index in [4.69, 9.17) is 0 Å². The number of aryl methyl sites for hydroxylation is 1. The summed E-state index contributed by atoms with van der Waals surface area (Å²) < 4.78 is 0. The molecule has 1 aromatic carbocycles. The molecule has 0 aromatic heterocycles. The largest absolute Gasteiger partial charge is 0.307 e. The first-order chi connectivity index (χ1) is 8.20. The van der Waals surface area contributed by atoms with Gasteiger partial charge in [-0.05, 0) is 30.9 Å². The molecule has 90 valence electrons. The van der Waals surface area contributed by atoms with Gasteiger partial charge in [0.25, 0.3) is 0 Å². The Labute approximate surface area is 101 Å². The summed E-state index contributed by atoms with van der Waals surface area (Å²) in [5.74, 6) is -0.341. The van der Waals surface area contributed by atoms with Crippen molar-refractivity contribution in [1.82, 2.24) is 5.32 Å². The van der Waals surface area contributed by atoms with Crippen LogP contribution in [-0.4, -0.2) is 18.1 Å². The van der Waals surface area contributed by atoms with Gasteiger partial charge in [-0.1, -0.05) is 24.3 Å². The third-order valence-corrected chi connectivity index (χ3v) is 3.11. The molecule has 3 heteroatoms. The SMILES string of the molecule is Cc1ccccc1C(CC(=O)C=O)NC1CC1. The molecule has 0 spiro atoms. The predicted molar refractivity (Wildman–Crippen MR) is 65.8 cm³/mol. The van der Waals surface area contributed by atoms with E-state index in [0.29, 0.717) is 12.3 Å². The van der Waals surface area contributed by atoms with Gasteiger partial charge in [0.05, 0.1) is 0 Å². The zero-order valence-electron chi connectivity index (χ0n) is 9.98. The number of Topliss-reactive ketones (excluding diaryl/α,β-unsaturated/α-hetero) is 1. The van der Waals surface area contributed by atoms with E-state index in [1.54, 1.807) is 0 Å². The second-order valence-electron chi connectivity index (χ2n) is 4.64. The normalized spacial score (nSPS) is 16.5. The Kier molecular flexibility index (Phi) is 3.69.